The van der Waals surface area contributed by atoms with Crippen molar-refractivity contribution in [3.63, 3.8) is 0 Å². The molecular weight excluding hydrogens is 475 g/mol. The normalized spacial score (nSPS) is 22.1. The van der Waals surface area contributed by atoms with Gasteiger partial charge in [0.2, 0.25) is 0 Å². The van der Waals surface area contributed by atoms with Crippen LogP contribution in [0.1, 0.15) is 38.5 Å². The Balaban J connectivity index is 0.00000324. The Hall–Kier alpha value is -2.09. The summed E-state index contributed by atoms with van der Waals surface area (Å²) in [6.07, 6.45) is 6.99. The molecule has 0 radical (unpaired) electrons. The highest BCUT2D eigenvalue weighted by Crippen LogP contribution is 2.37. The summed E-state index contributed by atoms with van der Waals surface area (Å²) in [4.78, 5) is 2.61. The van der Waals surface area contributed by atoms with Gasteiger partial charge in [0.1, 0.15) is 23.4 Å². The molecule has 1 heterocycles. The van der Waals surface area contributed by atoms with Gasteiger partial charge in [0.25, 0.3) is 5.17 Å². The first-order chi connectivity index (χ1) is 16.1. The Kier molecular flexibility index (Phi) is 10.2. The van der Waals surface area contributed by atoms with E-state index in [0.29, 0.717) is 23.7 Å². The number of fused-ring (bicyclic) bond motifs is 1. The third kappa shape index (κ3) is 7.20. The molecule has 2 aromatic rings. The van der Waals surface area contributed by atoms with Gasteiger partial charge in [0, 0.05) is 30.7 Å². The van der Waals surface area contributed by atoms with Gasteiger partial charge < -0.3 is 19.5 Å². The maximum absolute atomic E-state index is 13.0. The second-order valence-electron chi connectivity index (χ2n) is 8.79. The molecule has 34 heavy (non-hydrogen) atoms. The van der Waals surface area contributed by atoms with E-state index in [-0.39, 0.29) is 24.3 Å². The lowest BCUT2D eigenvalue weighted by Crippen LogP contribution is -2.54. The van der Waals surface area contributed by atoms with Crippen LogP contribution in [0.25, 0.3) is 0 Å². The number of hydrogen-bond acceptors (Lipinski definition) is 5. The first-order valence-electron chi connectivity index (χ1n) is 11.9. The zero-order valence-electron chi connectivity index (χ0n) is 19.6. The highest BCUT2D eigenvalue weighted by Gasteiger charge is 2.40. The molecule has 4 rings (SSSR count). The number of hydrogen-bond donors (Lipinski definition) is 1. The van der Waals surface area contributed by atoms with Crippen molar-refractivity contribution >= 4 is 35.5 Å². The van der Waals surface area contributed by atoms with E-state index in [4.69, 9.17) is 26.4 Å². The van der Waals surface area contributed by atoms with Gasteiger partial charge in [0.15, 0.2) is 0 Å². The van der Waals surface area contributed by atoms with Gasteiger partial charge in [-0.1, -0.05) is 12.8 Å². The van der Waals surface area contributed by atoms with Crippen LogP contribution < -0.4 is 14.8 Å². The van der Waals surface area contributed by atoms with Crippen LogP contribution in [-0.4, -0.2) is 49.0 Å². The van der Waals surface area contributed by atoms with Crippen LogP contribution in [0.4, 0.5) is 10.1 Å². The van der Waals surface area contributed by atoms with Gasteiger partial charge in [-0.25, -0.2) is 4.39 Å². The van der Waals surface area contributed by atoms with Gasteiger partial charge >= 0.3 is 0 Å². The van der Waals surface area contributed by atoms with E-state index in [0.717, 1.165) is 43.1 Å². The summed E-state index contributed by atoms with van der Waals surface area (Å²) in [5, 5.41) is 3.65. The van der Waals surface area contributed by atoms with Crippen molar-refractivity contribution in [2.24, 2.45) is 5.92 Å². The minimum atomic E-state index is -0.241. The first kappa shape index (κ1) is 26.5. The summed E-state index contributed by atoms with van der Waals surface area (Å²) in [6.45, 7) is 2.65. The summed E-state index contributed by atoms with van der Waals surface area (Å²) < 4.78 is 30.3. The van der Waals surface area contributed by atoms with Crippen LogP contribution >= 0.6 is 24.6 Å². The van der Waals surface area contributed by atoms with Crippen molar-refractivity contribution in [1.29, 1.82) is 0 Å². The van der Waals surface area contributed by atoms with Crippen molar-refractivity contribution in [3.8, 4) is 11.5 Å². The molecule has 2 aliphatic rings. The molecule has 1 aliphatic heterocycles. The number of ether oxygens (including phenoxy) is 3. The smallest absolute Gasteiger partial charge is 0.261 e. The molecule has 0 amide bonds. The third-order valence-electron chi connectivity index (χ3n) is 6.70. The standard InChI is InChI=1S/C26H33FN2O3S.ClH/c1-30-21-13-9-20(10-14-21)28-26(33)32-25-15-17-29(24-6-3-2-5-23(24)25)16-4-18-31-22-11-7-19(27)8-12-22;/h7-14,23-25H,2-6,15-18H2,1H3,(H,28,33);1H. The Bertz CT molecular complexity index is 900. The molecule has 1 aliphatic carbocycles. The number of rotatable bonds is 8. The molecule has 1 saturated heterocycles. The average molecular weight is 509 g/mol. The molecule has 186 valence electrons. The number of halogens is 2. The van der Waals surface area contributed by atoms with Crippen LogP contribution in [0.3, 0.4) is 0 Å². The van der Waals surface area contributed by atoms with E-state index in [9.17, 15) is 4.39 Å². The van der Waals surface area contributed by atoms with Gasteiger partial charge in [-0.05, 0) is 86.4 Å². The van der Waals surface area contributed by atoms with Crippen LogP contribution in [0, 0.1) is 11.7 Å². The molecule has 0 spiro atoms. The predicted octanol–water partition coefficient (Wildman–Crippen LogP) is 6.07. The van der Waals surface area contributed by atoms with Crippen LogP contribution in [0.15, 0.2) is 48.5 Å². The molecule has 8 heteroatoms. The summed E-state index contributed by atoms with van der Waals surface area (Å²) in [7, 11) is 1.65. The summed E-state index contributed by atoms with van der Waals surface area (Å²) in [5.41, 5.74) is 0.902. The number of nitrogens with zero attached hydrogens (tertiary/aromatic N) is 1. The van der Waals surface area contributed by atoms with Gasteiger partial charge in [-0.2, -0.15) is 0 Å². The maximum Gasteiger partial charge on any atom is 0.261 e. The summed E-state index contributed by atoms with van der Waals surface area (Å²) >= 11 is 5.52. The highest BCUT2D eigenvalue weighted by atomic mass is 35.5. The van der Waals surface area contributed by atoms with E-state index < -0.39 is 0 Å². The second kappa shape index (κ2) is 13.1. The van der Waals surface area contributed by atoms with Crippen molar-refractivity contribution < 1.29 is 18.6 Å². The molecule has 0 bridgehead atoms. The van der Waals surface area contributed by atoms with Crippen molar-refractivity contribution in [2.75, 3.05) is 32.1 Å². The fourth-order valence-electron chi connectivity index (χ4n) is 5.07. The molecule has 0 aromatic heterocycles. The predicted molar refractivity (Wildman–Crippen MR) is 140 cm³/mol. The quantitative estimate of drug-likeness (QED) is 0.345. The second-order valence-corrected chi connectivity index (χ2v) is 9.16. The zero-order chi connectivity index (χ0) is 23.0. The fourth-order valence-corrected chi connectivity index (χ4v) is 5.31. The van der Waals surface area contributed by atoms with E-state index in [1.54, 1.807) is 19.2 Å². The third-order valence-corrected chi connectivity index (χ3v) is 6.89. The molecular formula is C26H34ClFN2O3S. The van der Waals surface area contributed by atoms with E-state index in [1.165, 1.54) is 37.8 Å². The zero-order valence-corrected chi connectivity index (χ0v) is 21.2. The lowest BCUT2D eigenvalue weighted by atomic mass is 9.76. The summed E-state index contributed by atoms with van der Waals surface area (Å²) in [6, 6.07) is 14.4. The van der Waals surface area contributed by atoms with Crippen LogP contribution in [-0.2, 0) is 4.74 Å². The minimum absolute atomic E-state index is 0. The summed E-state index contributed by atoms with van der Waals surface area (Å²) in [5.74, 6) is 1.79. The number of likely N-dealkylation sites (tertiary alicyclic amines) is 1. The monoisotopic (exact) mass is 508 g/mol. The average Bonchev–Trinajstić information content (AvgIpc) is 2.84. The fraction of sp³-hybridized carbons (Fsp3) is 0.500. The number of thiocarbonyl (C=S) groups is 1. The minimum Gasteiger partial charge on any atom is -0.497 e. The Morgan fingerprint density at radius 2 is 1.74 bits per heavy atom. The molecule has 1 saturated carbocycles. The Labute approximate surface area is 213 Å². The lowest BCUT2D eigenvalue weighted by Gasteiger charge is -2.47. The number of methoxy groups -OCH3 is 1. The number of piperidine rings is 1. The van der Waals surface area contributed by atoms with Crippen LogP contribution in [0.5, 0.6) is 11.5 Å². The van der Waals surface area contributed by atoms with Gasteiger partial charge in [-0.15, -0.1) is 12.4 Å². The van der Waals surface area contributed by atoms with Crippen molar-refractivity contribution in [3.05, 3.63) is 54.3 Å². The van der Waals surface area contributed by atoms with Crippen LogP contribution in [0.2, 0.25) is 0 Å². The SMILES string of the molecule is COc1ccc(NC(=S)OC2CCN(CCCOc3ccc(F)cc3)C3CCCCC23)cc1.Cl. The largest absolute Gasteiger partial charge is 0.497 e. The number of nitrogens with one attached hydrogen (secondary N) is 1. The van der Waals surface area contributed by atoms with Gasteiger partial charge in [0.05, 0.1) is 13.7 Å². The van der Waals surface area contributed by atoms with Crippen molar-refractivity contribution in [2.45, 2.75) is 50.7 Å². The molecule has 3 unspecified atom stereocenters. The van der Waals surface area contributed by atoms with E-state index in [1.807, 2.05) is 24.3 Å². The van der Waals surface area contributed by atoms with Crippen molar-refractivity contribution in [1.82, 2.24) is 4.90 Å². The van der Waals surface area contributed by atoms with Gasteiger partial charge in [-0.3, -0.25) is 4.90 Å². The van der Waals surface area contributed by atoms with E-state index >= 15 is 0 Å². The lowest BCUT2D eigenvalue weighted by molar-refractivity contribution is -0.0288. The molecule has 5 nitrogen and oxygen atoms in total. The molecule has 1 N–H and O–H groups in total. The maximum atomic E-state index is 13.0. The Morgan fingerprint density at radius 1 is 1.03 bits per heavy atom. The first-order valence-corrected chi connectivity index (χ1v) is 12.3. The molecule has 2 aromatic carbocycles. The molecule has 2 fully saturated rings. The Morgan fingerprint density at radius 3 is 2.47 bits per heavy atom. The number of anilines is 1. The van der Waals surface area contributed by atoms with E-state index in [2.05, 4.69) is 10.2 Å². The number of benzene rings is 2. The topological polar surface area (TPSA) is 43.0 Å². The highest BCUT2D eigenvalue weighted by molar-refractivity contribution is 7.80. The molecule has 3 atom stereocenters.